The van der Waals surface area contributed by atoms with Crippen molar-refractivity contribution in [3.63, 3.8) is 0 Å². The Hall–Kier alpha value is -1.43. The first-order chi connectivity index (χ1) is 6.91. The highest BCUT2D eigenvalue weighted by molar-refractivity contribution is 5.82. The Morgan fingerprint density at radius 1 is 1.67 bits per heavy atom. The van der Waals surface area contributed by atoms with E-state index in [-0.39, 0.29) is 17.9 Å². The van der Waals surface area contributed by atoms with Crippen molar-refractivity contribution in [2.75, 3.05) is 0 Å². The van der Waals surface area contributed by atoms with E-state index in [1.807, 2.05) is 20.8 Å². The molecule has 1 heterocycles. The third kappa shape index (κ3) is 3.32. The smallest absolute Gasteiger partial charge is 0.237 e. The topological polar surface area (TPSA) is 94.0 Å². The molecule has 0 bridgehead atoms. The molecule has 0 saturated heterocycles. The highest BCUT2D eigenvalue weighted by Crippen LogP contribution is 2.17. The highest BCUT2D eigenvalue weighted by atomic mass is 16.4. The van der Waals surface area contributed by atoms with Gasteiger partial charge in [-0.25, -0.2) is 0 Å². The van der Waals surface area contributed by atoms with Crippen LogP contribution in [0.4, 0.5) is 0 Å². The lowest BCUT2D eigenvalue weighted by Gasteiger charge is -2.25. The lowest BCUT2D eigenvalue weighted by Crippen LogP contribution is -2.48. The van der Waals surface area contributed by atoms with E-state index in [9.17, 15) is 4.79 Å². The van der Waals surface area contributed by atoms with E-state index < -0.39 is 6.04 Å². The zero-order chi connectivity index (χ0) is 11.5. The first-order valence-electron chi connectivity index (χ1n) is 4.69. The van der Waals surface area contributed by atoms with Crippen LogP contribution in [0.5, 0.6) is 0 Å². The van der Waals surface area contributed by atoms with Gasteiger partial charge in [-0.15, -0.1) is 10.2 Å². The van der Waals surface area contributed by atoms with Crippen LogP contribution in [0.3, 0.4) is 0 Å². The second kappa shape index (κ2) is 4.39. The Kier molecular flexibility index (Phi) is 3.41. The first-order valence-corrected chi connectivity index (χ1v) is 4.69. The van der Waals surface area contributed by atoms with Gasteiger partial charge in [0.05, 0.1) is 12.6 Å². The van der Waals surface area contributed by atoms with E-state index in [0.29, 0.717) is 5.89 Å². The predicted molar refractivity (Wildman–Crippen MR) is 53.6 cm³/mol. The molecule has 0 aromatic carbocycles. The van der Waals surface area contributed by atoms with Crippen LogP contribution >= 0.6 is 0 Å². The van der Waals surface area contributed by atoms with E-state index in [2.05, 4.69) is 15.5 Å². The number of hydrogen-bond donors (Lipinski definition) is 2. The lowest BCUT2D eigenvalue weighted by atomic mass is 9.87. The van der Waals surface area contributed by atoms with Gasteiger partial charge < -0.3 is 15.5 Å². The maximum Gasteiger partial charge on any atom is 0.237 e. The van der Waals surface area contributed by atoms with E-state index >= 15 is 0 Å². The maximum absolute atomic E-state index is 11.6. The molecule has 0 unspecified atom stereocenters. The molecule has 6 heteroatoms. The molecule has 0 fully saturated rings. The van der Waals surface area contributed by atoms with E-state index in [0.717, 1.165) is 0 Å². The second-order valence-corrected chi connectivity index (χ2v) is 4.39. The van der Waals surface area contributed by atoms with Gasteiger partial charge in [-0.3, -0.25) is 4.79 Å². The normalized spacial score (nSPS) is 13.6. The Labute approximate surface area is 88.2 Å². The number of nitrogens with zero attached hydrogens (tertiary/aromatic N) is 2. The molecule has 0 aliphatic rings. The molecule has 6 nitrogen and oxygen atoms in total. The van der Waals surface area contributed by atoms with Crippen LogP contribution in [-0.2, 0) is 11.3 Å². The van der Waals surface area contributed by atoms with Crippen LogP contribution in [0.2, 0.25) is 0 Å². The molecular weight excluding hydrogens is 196 g/mol. The van der Waals surface area contributed by atoms with Crippen LogP contribution in [-0.4, -0.2) is 22.1 Å². The maximum atomic E-state index is 11.6. The fourth-order valence-electron chi connectivity index (χ4n) is 0.939. The quantitative estimate of drug-likeness (QED) is 0.738. The number of aromatic nitrogens is 2. The molecule has 0 spiro atoms. The number of carbonyl (C=O) groups excluding carboxylic acids is 1. The summed E-state index contributed by atoms with van der Waals surface area (Å²) >= 11 is 0. The third-order valence-corrected chi connectivity index (χ3v) is 2.03. The lowest BCUT2D eigenvalue weighted by molar-refractivity contribution is -0.124. The highest BCUT2D eigenvalue weighted by Gasteiger charge is 2.27. The Bertz CT molecular complexity index is 315. The van der Waals surface area contributed by atoms with Gasteiger partial charge in [0.1, 0.15) is 0 Å². The molecule has 3 N–H and O–H groups in total. The van der Waals surface area contributed by atoms with Gasteiger partial charge in [0.15, 0.2) is 0 Å². The summed E-state index contributed by atoms with van der Waals surface area (Å²) in [6, 6.07) is -0.555. The second-order valence-electron chi connectivity index (χ2n) is 4.39. The summed E-state index contributed by atoms with van der Waals surface area (Å²) in [6.45, 7) is 5.93. The molecule has 1 aromatic heterocycles. The molecule has 1 rings (SSSR count). The standard InChI is InChI=1S/C9H16N4O2/c1-9(2,3)7(10)8(14)11-4-6-13-12-5-15-6/h5,7H,4,10H2,1-3H3,(H,11,14)/t7-/m1/s1. The minimum Gasteiger partial charge on any atom is -0.426 e. The molecular formula is C9H16N4O2. The summed E-state index contributed by atoms with van der Waals surface area (Å²) in [5, 5.41) is 9.76. The number of amides is 1. The average Bonchev–Trinajstić information content (AvgIpc) is 2.63. The largest absolute Gasteiger partial charge is 0.426 e. The van der Waals surface area contributed by atoms with Crippen LogP contribution in [0, 0.1) is 5.41 Å². The van der Waals surface area contributed by atoms with Gasteiger partial charge in [-0.1, -0.05) is 20.8 Å². The number of nitrogens with one attached hydrogen (secondary N) is 1. The molecule has 1 amide bonds. The van der Waals surface area contributed by atoms with Gasteiger partial charge in [0.2, 0.25) is 18.2 Å². The van der Waals surface area contributed by atoms with Gasteiger partial charge in [0.25, 0.3) is 0 Å². The fourth-order valence-corrected chi connectivity index (χ4v) is 0.939. The SMILES string of the molecule is CC(C)(C)[C@H](N)C(=O)NCc1nnco1. The number of carbonyl (C=O) groups is 1. The fraction of sp³-hybridized carbons (Fsp3) is 0.667. The first kappa shape index (κ1) is 11.6. The van der Waals surface area contributed by atoms with Gasteiger partial charge in [-0.05, 0) is 5.41 Å². The van der Waals surface area contributed by atoms with Crippen LogP contribution in [0.25, 0.3) is 0 Å². The predicted octanol–water partition coefficient (Wildman–Crippen LogP) is 0.0592. The Morgan fingerprint density at radius 3 is 2.80 bits per heavy atom. The molecule has 1 aromatic rings. The van der Waals surface area contributed by atoms with Crippen molar-refractivity contribution >= 4 is 5.91 Å². The summed E-state index contributed by atoms with van der Waals surface area (Å²) in [5.41, 5.74) is 5.49. The van der Waals surface area contributed by atoms with Crippen molar-refractivity contribution in [3.8, 4) is 0 Å². The molecule has 1 atom stereocenters. The zero-order valence-electron chi connectivity index (χ0n) is 9.15. The minimum absolute atomic E-state index is 0.211. The van der Waals surface area contributed by atoms with E-state index in [1.54, 1.807) is 0 Å². The molecule has 84 valence electrons. The van der Waals surface area contributed by atoms with Crippen LogP contribution in [0.15, 0.2) is 10.8 Å². The summed E-state index contributed by atoms with van der Waals surface area (Å²) in [7, 11) is 0. The van der Waals surface area contributed by atoms with Crippen molar-refractivity contribution in [2.24, 2.45) is 11.1 Å². The monoisotopic (exact) mass is 212 g/mol. The molecule has 0 radical (unpaired) electrons. The van der Waals surface area contributed by atoms with Gasteiger partial charge in [0, 0.05) is 0 Å². The summed E-state index contributed by atoms with van der Waals surface area (Å²) in [4.78, 5) is 11.6. The summed E-state index contributed by atoms with van der Waals surface area (Å²) in [5.74, 6) is 0.144. The number of nitrogens with two attached hydrogens (primary N) is 1. The Balaban J connectivity index is 2.43. The van der Waals surface area contributed by atoms with Crippen LogP contribution < -0.4 is 11.1 Å². The van der Waals surface area contributed by atoms with E-state index in [4.69, 9.17) is 10.2 Å². The third-order valence-electron chi connectivity index (χ3n) is 2.03. The zero-order valence-corrected chi connectivity index (χ0v) is 9.15. The molecule has 0 saturated carbocycles. The van der Waals surface area contributed by atoms with Gasteiger partial charge >= 0.3 is 0 Å². The van der Waals surface area contributed by atoms with Crippen molar-refractivity contribution in [1.82, 2.24) is 15.5 Å². The molecule has 0 aliphatic carbocycles. The van der Waals surface area contributed by atoms with E-state index in [1.165, 1.54) is 6.39 Å². The number of rotatable bonds is 3. The summed E-state index contributed by atoms with van der Waals surface area (Å²) < 4.78 is 4.87. The van der Waals surface area contributed by atoms with Crippen molar-refractivity contribution in [1.29, 1.82) is 0 Å². The summed E-state index contributed by atoms with van der Waals surface area (Å²) in [6.07, 6.45) is 1.21. The van der Waals surface area contributed by atoms with Crippen LogP contribution in [0.1, 0.15) is 26.7 Å². The molecule has 15 heavy (non-hydrogen) atoms. The number of hydrogen-bond acceptors (Lipinski definition) is 5. The molecule has 0 aliphatic heterocycles. The van der Waals surface area contributed by atoms with Crippen molar-refractivity contribution in [2.45, 2.75) is 33.4 Å². The average molecular weight is 212 g/mol. The van der Waals surface area contributed by atoms with Crippen molar-refractivity contribution < 1.29 is 9.21 Å². The minimum atomic E-state index is -0.555. The van der Waals surface area contributed by atoms with Crippen molar-refractivity contribution in [3.05, 3.63) is 12.3 Å². The Morgan fingerprint density at radius 2 is 2.33 bits per heavy atom. The van der Waals surface area contributed by atoms with Gasteiger partial charge in [-0.2, -0.15) is 0 Å².